The summed E-state index contributed by atoms with van der Waals surface area (Å²) >= 11 is 1.49. The molecular formula is C36H31IrN3OS-2. The normalized spacial score (nSPS) is 12.4. The van der Waals surface area contributed by atoms with Gasteiger partial charge in [0.05, 0.1) is 15.8 Å². The minimum atomic E-state index is -1.45. The molecule has 7 rings (SSSR count). The van der Waals surface area contributed by atoms with Crippen LogP contribution < -0.4 is 0 Å². The van der Waals surface area contributed by atoms with Crippen LogP contribution in [-0.4, -0.2) is 15.0 Å². The fourth-order valence-corrected chi connectivity index (χ4v) is 5.93. The number of nitrogens with zero attached hydrogens (tertiary/aromatic N) is 3. The topological polar surface area (TPSA) is 51.8 Å². The molecule has 0 saturated carbocycles. The van der Waals surface area contributed by atoms with Gasteiger partial charge in [-0.1, -0.05) is 49.9 Å². The maximum absolute atomic E-state index is 8.72. The first-order chi connectivity index (χ1) is 20.5. The van der Waals surface area contributed by atoms with Crippen molar-refractivity contribution in [3.8, 4) is 22.5 Å². The predicted molar refractivity (Wildman–Crippen MR) is 170 cm³/mol. The van der Waals surface area contributed by atoms with Crippen molar-refractivity contribution in [3.63, 3.8) is 0 Å². The summed E-state index contributed by atoms with van der Waals surface area (Å²) in [7, 11) is 0. The molecule has 0 saturated heterocycles. The smallest absolute Gasteiger partial charge is 0.216 e. The van der Waals surface area contributed by atoms with Gasteiger partial charge in [-0.25, -0.2) is 4.98 Å². The molecule has 0 amide bonds. The SMILES string of the molecule is [2H]C([2H])(c1sc2ccc(-c3[c-]ccc4c3oc3nc(C)ccc34)nc2c1C)C(C)(C)C.[Ir].[c-]1ccccc1-c1ccccn1. The quantitative estimate of drug-likeness (QED) is 0.169. The van der Waals surface area contributed by atoms with Gasteiger partial charge in [-0.15, -0.1) is 65.4 Å². The van der Waals surface area contributed by atoms with Crippen LogP contribution in [0.15, 0.2) is 89.5 Å². The number of rotatable bonds is 3. The number of aromatic nitrogens is 3. The maximum Gasteiger partial charge on any atom is 0.216 e. The average Bonchev–Trinajstić information content (AvgIpc) is 3.54. The predicted octanol–water partition coefficient (Wildman–Crippen LogP) is 9.81. The Bertz CT molecular complexity index is 2030. The summed E-state index contributed by atoms with van der Waals surface area (Å²) in [5.41, 5.74) is 7.03. The van der Waals surface area contributed by atoms with E-state index in [4.69, 9.17) is 12.1 Å². The van der Waals surface area contributed by atoms with Crippen LogP contribution in [0.1, 0.15) is 39.6 Å². The average molecular weight is 748 g/mol. The molecule has 6 heteroatoms. The molecule has 7 aromatic rings. The van der Waals surface area contributed by atoms with E-state index in [1.54, 1.807) is 6.20 Å². The van der Waals surface area contributed by atoms with E-state index < -0.39 is 11.8 Å². The molecule has 5 aromatic heterocycles. The van der Waals surface area contributed by atoms with Crippen LogP contribution >= 0.6 is 11.3 Å². The maximum atomic E-state index is 8.72. The molecule has 0 aliphatic heterocycles. The van der Waals surface area contributed by atoms with E-state index in [1.165, 1.54) is 11.3 Å². The second-order valence-corrected chi connectivity index (χ2v) is 12.0. The molecule has 1 radical (unpaired) electrons. The van der Waals surface area contributed by atoms with Crippen LogP contribution in [0.4, 0.5) is 0 Å². The van der Waals surface area contributed by atoms with Crippen LogP contribution in [-0.2, 0) is 26.5 Å². The Labute approximate surface area is 267 Å². The first kappa shape index (κ1) is 27.2. The summed E-state index contributed by atoms with van der Waals surface area (Å²) in [6.07, 6.45) is 0.340. The van der Waals surface area contributed by atoms with E-state index in [0.717, 1.165) is 65.2 Å². The summed E-state index contributed by atoms with van der Waals surface area (Å²) in [4.78, 5) is 14.4. The molecule has 0 unspecified atom stereocenters. The molecule has 42 heavy (non-hydrogen) atoms. The van der Waals surface area contributed by atoms with E-state index in [9.17, 15) is 0 Å². The van der Waals surface area contributed by atoms with Crippen LogP contribution in [0.2, 0.25) is 0 Å². The van der Waals surface area contributed by atoms with Gasteiger partial charge in [-0.05, 0) is 66.9 Å². The van der Waals surface area contributed by atoms with Crippen molar-refractivity contribution in [2.24, 2.45) is 5.41 Å². The first-order valence-electron chi connectivity index (χ1n) is 14.5. The van der Waals surface area contributed by atoms with Gasteiger partial charge in [0, 0.05) is 45.0 Å². The Balaban J connectivity index is 0.000000248. The van der Waals surface area contributed by atoms with Gasteiger partial charge in [0.2, 0.25) is 5.71 Å². The van der Waals surface area contributed by atoms with Crippen molar-refractivity contribution in [2.45, 2.75) is 41.0 Å². The van der Waals surface area contributed by atoms with Gasteiger partial charge in [-0.3, -0.25) is 4.98 Å². The van der Waals surface area contributed by atoms with Crippen LogP contribution in [0.25, 0.3) is 54.8 Å². The van der Waals surface area contributed by atoms with Gasteiger partial charge in [0.1, 0.15) is 0 Å². The van der Waals surface area contributed by atoms with Crippen molar-refractivity contribution in [1.29, 1.82) is 0 Å². The van der Waals surface area contributed by atoms with Gasteiger partial charge in [0.25, 0.3) is 0 Å². The van der Waals surface area contributed by atoms with Gasteiger partial charge < -0.3 is 9.40 Å². The van der Waals surface area contributed by atoms with Crippen LogP contribution in [0.3, 0.4) is 0 Å². The zero-order valence-corrected chi connectivity index (χ0v) is 27.3. The zero-order chi connectivity index (χ0) is 30.4. The summed E-state index contributed by atoms with van der Waals surface area (Å²) in [5.74, 6) is 0. The summed E-state index contributed by atoms with van der Waals surface area (Å²) in [6, 6.07) is 32.0. The summed E-state index contributed by atoms with van der Waals surface area (Å²) in [6.45, 7) is 9.71. The van der Waals surface area contributed by atoms with Crippen molar-refractivity contribution in [1.82, 2.24) is 15.0 Å². The second-order valence-electron chi connectivity index (χ2n) is 11.0. The third-order valence-corrected chi connectivity index (χ3v) is 7.76. The molecule has 2 aromatic carbocycles. The molecule has 0 bridgehead atoms. The number of fused-ring (bicyclic) bond motifs is 4. The van der Waals surface area contributed by atoms with Crippen LogP contribution in [0, 0.1) is 31.4 Å². The summed E-state index contributed by atoms with van der Waals surface area (Å²) < 4.78 is 24.5. The fraction of sp³-hybridized carbons (Fsp3) is 0.194. The Hall–Kier alpha value is -3.70. The zero-order valence-electron chi connectivity index (χ0n) is 26.1. The summed E-state index contributed by atoms with van der Waals surface area (Å²) in [5, 5.41) is 1.97. The Kier molecular flexibility index (Phi) is 7.93. The molecule has 4 nitrogen and oxygen atoms in total. The monoisotopic (exact) mass is 748 g/mol. The molecule has 5 heterocycles. The van der Waals surface area contributed by atoms with Crippen molar-refractivity contribution >= 4 is 43.6 Å². The number of furan rings is 1. The Morgan fingerprint density at radius 1 is 0.857 bits per heavy atom. The number of aryl methyl sites for hydroxylation is 2. The van der Waals surface area contributed by atoms with E-state index in [1.807, 2.05) is 113 Å². The second kappa shape index (κ2) is 12.3. The first-order valence-corrected chi connectivity index (χ1v) is 14.4. The molecule has 0 aliphatic carbocycles. The van der Waals surface area contributed by atoms with E-state index in [2.05, 4.69) is 22.1 Å². The van der Waals surface area contributed by atoms with Gasteiger partial charge >= 0.3 is 0 Å². The molecule has 0 atom stereocenters. The van der Waals surface area contributed by atoms with E-state index in [0.29, 0.717) is 5.71 Å². The van der Waals surface area contributed by atoms with Crippen molar-refractivity contribution in [3.05, 3.63) is 113 Å². The number of benzene rings is 2. The fourth-order valence-electron chi connectivity index (χ4n) is 4.67. The van der Waals surface area contributed by atoms with Gasteiger partial charge in [0.15, 0.2) is 0 Å². The van der Waals surface area contributed by atoms with E-state index >= 15 is 0 Å². The Morgan fingerprint density at radius 3 is 2.43 bits per heavy atom. The molecule has 0 aliphatic rings. The number of pyridine rings is 3. The number of thiophene rings is 1. The van der Waals surface area contributed by atoms with Crippen molar-refractivity contribution in [2.75, 3.05) is 0 Å². The van der Waals surface area contributed by atoms with Gasteiger partial charge in [-0.2, -0.15) is 0 Å². The van der Waals surface area contributed by atoms with E-state index in [-0.39, 0.29) is 20.1 Å². The molecule has 213 valence electrons. The third kappa shape index (κ3) is 6.22. The van der Waals surface area contributed by atoms with Crippen LogP contribution in [0.5, 0.6) is 0 Å². The molecule has 0 N–H and O–H groups in total. The minimum Gasteiger partial charge on any atom is -0.486 e. The largest absolute Gasteiger partial charge is 0.486 e. The Morgan fingerprint density at radius 2 is 1.69 bits per heavy atom. The number of hydrogen-bond donors (Lipinski definition) is 0. The molecule has 0 spiro atoms. The standard InChI is InChI=1S/C25H23N2OS.C11H8N.Ir/c1-14-9-10-17-16-7-6-8-18(23(16)28-24(17)26-14)19-11-12-20-22(27-19)15(2)21(29-20)13-25(3,4)5;1-2-6-10(7-3-1)11-8-4-5-9-12-11;/h6-7,9-12H,13H2,1-5H3;1-6,8-9H;/q2*-1;/i13D2;;. The number of hydrogen-bond acceptors (Lipinski definition) is 5. The third-order valence-electron chi connectivity index (χ3n) is 6.60. The molecular weight excluding hydrogens is 715 g/mol. The molecule has 0 fully saturated rings. The minimum absolute atomic E-state index is 0. The van der Waals surface area contributed by atoms with Crippen molar-refractivity contribution < 1.29 is 27.3 Å².